The SMILES string of the molecule is Cc1c(Cl)cccc1NC(=O)CCC(=O)NNC(=O)C(C)Oc1ccccc1[N+](=O)[O-]. The highest BCUT2D eigenvalue weighted by molar-refractivity contribution is 6.31. The smallest absolute Gasteiger partial charge is 0.310 e. The highest BCUT2D eigenvalue weighted by atomic mass is 35.5. The number of carbonyl (C=O) groups excluding carboxylic acids is 3. The van der Waals surface area contributed by atoms with Crippen molar-refractivity contribution in [2.24, 2.45) is 0 Å². The van der Waals surface area contributed by atoms with Gasteiger partial charge in [-0.2, -0.15) is 0 Å². The van der Waals surface area contributed by atoms with Gasteiger partial charge in [-0.1, -0.05) is 29.8 Å². The quantitative estimate of drug-likeness (QED) is 0.419. The molecule has 0 aliphatic rings. The fourth-order valence-electron chi connectivity index (χ4n) is 2.43. The molecule has 0 aliphatic heterocycles. The van der Waals surface area contributed by atoms with Crippen LogP contribution in [0, 0.1) is 17.0 Å². The standard InChI is InChI=1S/C20H21ClN4O6/c1-12-14(21)6-5-7-15(12)22-18(26)10-11-19(27)23-24-20(28)13(2)31-17-9-4-3-8-16(17)25(29)30/h3-9,13H,10-11H2,1-2H3,(H,22,26)(H,23,27)(H,24,28). The summed E-state index contributed by atoms with van der Waals surface area (Å²) in [6.45, 7) is 3.13. The van der Waals surface area contributed by atoms with E-state index >= 15 is 0 Å². The molecular weight excluding hydrogens is 428 g/mol. The number of ether oxygens (including phenoxy) is 1. The normalized spacial score (nSPS) is 11.2. The number of nitrogens with one attached hydrogen (secondary N) is 3. The summed E-state index contributed by atoms with van der Waals surface area (Å²) in [5.74, 6) is -1.77. The van der Waals surface area contributed by atoms with Crippen molar-refractivity contribution < 1.29 is 24.0 Å². The van der Waals surface area contributed by atoms with Crippen molar-refractivity contribution in [3.8, 4) is 5.75 Å². The highest BCUT2D eigenvalue weighted by Crippen LogP contribution is 2.26. The van der Waals surface area contributed by atoms with Gasteiger partial charge in [-0.3, -0.25) is 35.3 Å². The van der Waals surface area contributed by atoms with E-state index in [4.69, 9.17) is 16.3 Å². The van der Waals surface area contributed by atoms with Crippen molar-refractivity contribution in [2.75, 3.05) is 5.32 Å². The molecule has 0 saturated heterocycles. The van der Waals surface area contributed by atoms with Crippen LogP contribution in [0.5, 0.6) is 5.75 Å². The molecule has 1 unspecified atom stereocenters. The zero-order valence-electron chi connectivity index (χ0n) is 16.8. The largest absolute Gasteiger partial charge is 0.474 e. The molecule has 2 rings (SSSR count). The molecule has 0 saturated carbocycles. The third kappa shape index (κ3) is 6.96. The Hall–Kier alpha value is -3.66. The van der Waals surface area contributed by atoms with Crippen LogP contribution >= 0.6 is 11.6 Å². The predicted octanol–water partition coefficient (Wildman–Crippen LogP) is 2.89. The monoisotopic (exact) mass is 448 g/mol. The van der Waals surface area contributed by atoms with E-state index in [9.17, 15) is 24.5 Å². The minimum atomic E-state index is -1.12. The van der Waals surface area contributed by atoms with E-state index < -0.39 is 22.8 Å². The second-order valence-corrected chi connectivity index (χ2v) is 6.89. The van der Waals surface area contributed by atoms with Gasteiger partial charge in [-0.25, -0.2) is 0 Å². The first-order chi connectivity index (χ1) is 14.7. The maximum absolute atomic E-state index is 12.1. The van der Waals surface area contributed by atoms with E-state index in [0.29, 0.717) is 16.3 Å². The second-order valence-electron chi connectivity index (χ2n) is 6.48. The van der Waals surface area contributed by atoms with Gasteiger partial charge >= 0.3 is 5.69 Å². The molecule has 1 atom stereocenters. The van der Waals surface area contributed by atoms with Gasteiger partial charge in [-0.15, -0.1) is 0 Å². The molecule has 3 amide bonds. The Morgan fingerprint density at radius 3 is 2.45 bits per heavy atom. The van der Waals surface area contributed by atoms with E-state index in [0.717, 1.165) is 0 Å². The zero-order chi connectivity index (χ0) is 23.0. The Bertz CT molecular complexity index is 997. The van der Waals surface area contributed by atoms with E-state index in [1.165, 1.54) is 31.2 Å². The summed E-state index contributed by atoms with van der Waals surface area (Å²) in [5, 5.41) is 14.2. The van der Waals surface area contributed by atoms with Crippen LogP contribution in [-0.4, -0.2) is 28.7 Å². The lowest BCUT2D eigenvalue weighted by atomic mass is 10.2. The first kappa shape index (κ1) is 23.6. The Labute approximate surface area is 183 Å². The van der Waals surface area contributed by atoms with Gasteiger partial charge < -0.3 is 10.1 Å². The number of halogens is 1. The number of carbonyl (C=O) groups is 3. The summed E-state index contributed by atoms with van der Waals surface area (Å²) in [6.07, 6.45) is -1.41. The topological polar surface area (TPSA) is 140 Å². The number of rotatable bonds is 8. The lowest BCUT2D eigenvalue weighted by Crippen LogP contribution is -2.47. The summed E-state index contributed by atoms with van der Waals surface area (Å²) in [7, 11) is 0. The average molecular weight is 449 g/mol. The van der Waals surface area contributed by atoms with E-state index in [-0.39, 0.29) is 30.2 Å². The van der Waals surface area contributed by atoms with Crippen molar-refractivity contribution in [1.29, 1.82) is 0 Å². The van der Waals surface area contributed by atoms with Gasteiger partial charge in [-0.05, 0) is 37.6 Å². The maximum atomic E-state index is 12.1. The third-order valence-corrected chi connectivity index (χ3v) is 4.59. The first-order valence-corrected chi connectivity index (χ1v) is 9.60. The van der Waals surface area contributed by atoms with Gasteiger partial charge in [0.15, 0.2) is 11.9 Å². The minimum Gasteiger partial charge on any atom is -0.474 e. The summed E-state index contributed by atoms with van der Waals surface area (Å²) < 4.78 is 5.31. The predicted molar refractivity (Wildman–Crippen MR) is 114 cm³/mol. The summed E-state index contributed by atoms with van der Waals surface area (Å²) in [5.41, 5.74) is 5.30. The number of nitro groups is 1. The molecular formula is C20H21ClN4O6. The molecule has 164 valence electrons. The number of anilines is 1. The zero-order valence-corrected chi connectivity index (χ0v) is 17.6. The molecule has 0 fully saturated rings. The Morgan fingerprint density at radius 2 is 1.74 bits per heavy atom. The number of para-hydroxylation sites is 2. The lowest BCUT2D eigenvalue weighted by molar-refractivity contribution is -0.386. The molecule has 0 aromatic heterocycles. The van der Waals surface area contributed by atoms with Crippen LogP contribution < -0.4 is 20.9 Å². The molecule has 31 heavy (non-hydrogen) atoms. The van der Waals surface area contributed by atoms with Gasteiger partial charge in [0.1, 0.15) is 0 Å². The van der Waals surface area contributed by atoms with Crippen LogP contribution in [0.3, 0.4) is 0 Å². The van der Waals surface area contributed by atoms with E-state index in [2.05, 4.69) is 16.2 Å². The Morgan fingerprint density at radius 1 is 1.06 bits per heavy atom. The fraction of sp³-hybridized carbons (Fsp3) is 0.250. The van der Waals surface area contributed by atoms with Gasteiger partial charge in [0.2, 0.25) is 11.8 Å². The van der Waals surface area contributed by atoms with Gasteiger partial charge in [0, 0.05) is 29.6 Å². The molecule has 0 bridgehead atoms. The number of nitro benzene ring substituents is 1. The number of amides is 3. The van der Waals surface area contributed by atoms with Crippen LogP contribution in [-0.2, 0) is 14.4 Å². The third-order valence-electron chi connectivity index (χ3n) is 4.18. The lowest BCUT2D eigenvalue weighted by Gasteiger charge is -2.15. The summed E-state index contributed by atoms with van der Waals surface area (Å²) >= 11 is 6.00. The second kappa shape index (κ2) is 10.9. The molecule has 2 aromatic carbocycles. The average Bonchev–Trinajstić information content (AvgIpc) is 2.74. The minimum absolute atomic E-state index is 0.0746. The number of hydrazine groups is 1. The van der Waals surface area contributed by atoms with Crippen LogP contribution in [0.25, 0.3) is 0 Å². The van der Waals surface area contributed by atoms with Crippen LogP contribution in [0.2, 0.25) is 5.02 Å². The number of hydrogen-bond acceptors (Lipinski definition) is 6. The Kier molecular flexibility index (Phi) is 8.33. The summed E-state index contributed by atoms with van der Waals surface area (Å²) in [4.78, 5) is 46.3. The molecule has 0 heterocycles. The van der Waals surface area contributed by atoms with Crippen molar-refractivity contribution in [1.82, 2.24) is 10.9 Å². The Balaban J connectivity index is 1.77. The van der Waals surface area contributed by atoms with Crippen LogP contribution in [0.15, 0.2) is 42.5 Å². The molecule has 11 heteroatoms. The first-order valence-electron chi connectivity index (χ1n) is 9.22. The van der Waals surface area contributed by atoms with Crippen molar-refractivity contribution in [3.05, 3.63) is 63.2 Å². The number of nitrogens with zero attached hydrogens (tertiary/aromatic N) is 1. The number of hydrogen-bond donors (Lipinski definition) is 3. The van der Waals surface area contributed by atoms with E-state index in [1.807, 2.05) is 0 Å². The molecule has 3 N–H and O–H groups in total. The molecule has 0 spiro atoms. The van der Waals surface area contributed by atoms with Crippen LogP contribution in [0.4, 0.5) is 11.4 Å². The molecule has 10 nitrogen and oxygen atoms in total. The van der Waals surface area contributed by atoms with Crippen LogP contribution in [0.1, 0.15) is 25.3 Å². The van der Waals surface area contributed by atoms with Crippen molar-refractivity contribution in [2.45, 2.75) is 32.8 Å². The maximum Gasteiger partial charge on any atom is 0.310 e. The highest BCUT2D eigenvalue weighted by Gasteiger charge is 2.21. The molecule has 0 radical (unpaired) electrons. The fourth-order valence-corrected chi connectivity index (χ4v) is 2.60. The number of benzene rings is 2. The van der Waals surface area contributed by atoms with E-state index in [1.54, 1.807) is 25.1 Å². The molecule has 2 aromatic rings. The van der Waals surface area contributed by atoms with Crippen molar-refractivity contribution >= 4 is 40.7 Å². The molecule has 0 aliphatic carbocycles. The van der Waals surface area contributed by atoms with Gasteiger partial charge in [0.25, 0.3) is 5.91 Å². The van der Waals surface area contributed by atoms with Gasteiger partial charge in [0.05, 0.1) is 4.92 Å². The summed E-state index contributed by atoms with van der Waals surface area (Å²) in [6, 6.07) is 10.7. The van der Waals surface area contributed by atoms with Crippen molar-refractivity contribution in [3.63, 3.8) is 0 Å².